The number of carbonyl (C=O) groups excluding carboxylic acids is 1. The topological polar surface area (TPSA) is 53.9 Å². The van der Waals surface area contributed by atoms with E-state index >= 15 is 0 Å². The summed E-state index contributed by atoms with van der Waals surface area (Å²) in [5.41, 5.74) is 5.90. The normalized spacial score (nSPS) is 14.0. The minimum atomic E-state index is -0.285. The molecule has 26 heavy (non-hydrogen) atoms. The van der Waals surface area contributed by atoms with E-state index in [2.05, 4.69) is 57.1 Å². The van der Waals surface area contributed by atoms with Crippen LogP contribution in [0.15, 0.2) is 47.6 Å². The number of ether oxygens (including phenoxy) is 1. The predicted molar refractivity (Wildman–Crippen MR) is 113 cm³/mol. The largest absolute Gasteiger partial charge is 0.483 e. The van der Waals surface area contributed by atoms with E-state index in [-0.39, 0.29) is 12.5 Å². The van der Waals surface area contributed by atoms with E-state index in [1.165, 1.54) is 18.5 Å². The molecule has 136 valence electrons. The quantitative estimate of drug-likeness (QED) is 0.404. The number of nitrogens with one attached hydrogen (secondary N) is 1. The Morgan fingerprint density at radius 3 is 2.77 bits per heavy atom. The van der Waals surface area contributed by atoms with Gasteiger partial charge in [-0.15, -0.1) is 0 Å². The number of halogens is 1. The van der Waals surface area contributed by atoms with E-state index in [0.717, 1.165) is 27.8 Å². The molecule has 1 fully saturated rings. The summed E-state index contributed by atoms with van der Waals surface area (Å²) in [5.74, 6) is 0.410. The molecule has 1 aliphatic heterocycles. The fourth-order valence-electron chi connectivity index (χ4n) is 2.89. The van der Waals surface area contributed by atoms with Crippen molar-refractivity contribution in [3.05, 3.63) is 57.2 Å². The molecule has 1 aliphatic rings. The van der Waals surface area contributed by atoms with Gasteiger partial charge in [-0.25, -0.2) is 5.43 Å². The fraction of sp³-hybridized carbons (Fsp3) is 0.300. The number of hydrogen-bond donors (Lipinski definition) is 1. The number of benzene rings is 2. The van der Waals surface area contributed by atoms with Gasteiger partial charge in [0.1, 0.15) is 5.75 Å². The van der Waals surface area contributed by atoms with Gasteiger partial charge in [0.05, 0.1) is 9.78 Å². The van der Waals surface area contributed by atoms with Crippen LogP contribution in [0.4, 0.5) is 5.69 Å². The van der Waals surface area contributed by atoms with Crippen LogP contribution in [-0.2, 0) is 4.79 Å². The van der Waals surface area contributed by atoms with Gasteiger partial charge >= 0.3 is 0 Å². The molecule has 3 rings (SSSR count). The number of aryl methyl sites for hydroxylation is 1. The molecule has 2 aromatic rings. The van der Waals surface area contributed by atoms with Crippen LogP contribution < -0.4 is 15.1 Å². The highest BCUT2D eigenvalue weighted by Crippen LogP contribution is 2.22. The third-order valence-electron chi connectivity index (χ3n) is 4.31. The van der Waals surface area contributed by atoms with Crippen molar-refractivity contribution < 1.29 is 9.53 Å². The first kappa shape index (κ1) is 18.7. The van der Waals surface area contributed by atoms with E-state index < -0.39 is 0 Å². The van der Waals surface area contributed by atoms with Gasteiger partial charge in [-0.1, -0.05) is 18.2 Å². The number of anilines is 1. The van der Waals surface area contributed by atoms with Crippen LogP contribution in [0.3, 0.4) is 0 Å². The first-order valence-electron chi connectivity index (χ1n) is 8.68. The van der Waals surface area contributed by atoms with E-state index in [0.29, 0.717) is 5.75 Å². The molecule has 1 heterocycles. The maximum absolute atomic E-state index is 11.9. The zero-order valence-corrected chi connectivity index (χ0v) is 16.9. The van der Waals surface area contributed by atoms with Crippen LogP contribution in [-0.4, -0.2) is 31.8 Å². The lowest BCUT2D eigenvalue weighted by Crippen LogP contribution is -2.24. The highest BCUT2D eigenvalue weighted by atomic mass is 127. The standard InChI is InChI=1S/C20H22IN3O2/c1-15-12-17(24-10-4-5-11-24)9-8-16(15)13-22-23-20(25)14-26-19-7-3-2-6-18(19)21/h2-3,6-9,12-13H,4-5,10-11,14H2,1H3,(H,23,25)/b22-13+. The number of hydrazone groups is 1. The number of nitrogens with zero attached hydrogens (tertiary/aromatic N) is 2. The summed E-state index contributed by atoms with van der Waals surface area (Å²) in [4.78, 5) is 14.3. The Balaban J connectivity index is 1.51. The van der Waals surface area contributed by atoms with E-state index in [1.54, 1.807) is 6.21 Å². The van der Waals surface area contributed by atoms with Crippen LogP contribution in [0.1, 0.15) is 24.0 Å². The Morgan fingerprint density at radius 2 is 2.04 bits per heavy atom. The van der Waals surface area contributed by atoms with Crippen LogP contribution in [0, 0.1) is 10.5 Å². The third kappa shape index (κ3) is 4.97. The van der Waals surface area contributed by atoms with Crippen molar-refractivity contribution in [3.8, 4) is 5.75 Å². The zero-order valence-electron chi connectivity index (χ0n) is 14.7. The van der Waals surface area contributed by atoms with Crippen LogP contribution >= 0.6 is 22.6 Å². The molecular weight excluding hydrogens is 441 g/mol. The highest BCUT2D eigenvalue weighted by molar-refractivity contribution is 14.1. The van der Waals surface area contributed by atoms with Gasteiger partial charge in [0.15, 0.2) is 6.61 Å². The molecule has 5 nitrogen and oxygen atoms in total. The maximum Gasteiger partial charge on any atom is 0.277 e. The third-order valence-corrected chi connectivity index (χ3v) is 5.20. The summed E-state index contributed by atoms with van der Waals surface area (Å²) in [5, 5.41) is 4.04. The van der Waals surface area contributed by atoms with Crippen molar-refractivity contribution in [2.75, 3.05) is 24.6 Å². The Hall–Kier alpha value is -2.09. The first-order chi connectivity index (χ1) is 12.6. The van der Waals surface area contributed by atoms with Crippen molar-refractivity contribution in [2.45, 2.75) is 19.8 Å². The summed E-state index contributed by atoms with van der Waals surface area (Å²) in [6, 6.07) is 13.9. The maximum atomic E-state index is 11.9. The number of hydrogen-bond acceptors (Lipinski definition) is 4. The molecule has 1 amide bonds. The second kappa shape index (κ2) is 9.02. The summed E-state index contributed by atoms with van der Waals surface area (Å²) in [6.07, 6.45) is 4.20. The second-order valence-corrected chi connectivity index (χ2v) is 7.41. The molecule has 1 saturated heterocycles. The molecule has 1 N–H and O–H groups in total. The van der Waals surface area contributed by atoms with Crippen molar-refractivity contribution >= 4 is 40.4 Å². The fourth-order valence-corrected chi connectivity index (χ4v) is 3.43. The van der Waals surface area contributed by atoms with Gasteiger partial charge in [-0.2, -0.15) is 5.10 Å². The Morgan fingerprint density at radius 1 is 1.27 bits per heavy atom. The van der Waals surface area contributed by atoms with Crippen LogP contribution in [0.2, 0.25) is 0 Å². The lowest BCUT2D eigenvalue weighted by molar-refractivity contribution is -0.123. The molecule has 0 atom stereocenters. The SMILES string of the molecule is Cc1cc(N2CCCC2)ccc1/C=N/NC(=O)COc1ccccc1I. The van der Waals surface area contributed by atoms with Gasteiger partial charge < -0.3 is 9.64 Å². The highest BCUT2D eigenvalue weighted by Gasteiger charge is 2.12. The molecule has 0 unspecified atom stereocenters. The lowest BCUT2D eigenvalue weighted by Gasteiger charge is -2.18. The van der Waals surface area contributed by atoms with E-state index in [4.69, 9.17) is 4.74 Å². The van der Waals surface area contributed by atoms with Gasteiger partial charge in [0.25, 0.3) is 5.91 Å². The monoisotopic (exact) mass is 463 g/mol. The minimum Gasteiger partial charge on any atom is -0.483 e. The smallest absolute Gasteiger partial charge is 0.277 e. The number of carbonyl (C=O) groups is 1. The van der Waals surface area contributed by atoms with Gasteiger partial charge in [0, 0.05) is 18.8 Å². The van der Waals surface area contributed by atoms with Crippen molar-refractivity contribution in [1.82, 2.24) is 5.43 Å². The number of amides is 1. The molecule has 0 aliphatic carbocycles. The van der Waals surface area contributed by atoms with Crippen molar-refractivity contribution in [1.29, 1.82) is 0 Å². The first-order valence-corrected chi connectivity index (χ1v) is 9.76. The lowest BCUT2D eigenvalue weighted by atomic mass is 10.1. The van der Waals surface area contributed by atoms with E-state index in [9.17, 15) is 4.79 Å². The number of para-hydroxylation sites is 1. The minimum absolute atomic E-state index is 0.0652. The number of rotatable bonds is 6. The average molecular weight is 463 g/mol. The van der Waals surface area contributed by atoms with Crippen molar-refractivity contribution in [3.63, 3.8) is 0 Å². The van der Waals surface area contributed by atoms with Crippen molar-refractivity contribution in [2.24, 2.45) is 5.10 Å². The summed E-state index contributed by atoms with van der Waals surface area (Å²) >= 11 is 2.17. The molecule has 0 radical (unpaired) electrons. The molecular formula is C20H22IN3O2. The average Bonchev–Trinajstić information content (AvgIpc) is 3.17. The second-order valence-electron chi connectivity index (χ2n) is 6.25. The Bertz CT molecular complexity index is 801. The molecule has 0 aromatic heterocycles. The van der Waals surface area contributed by atoms with Gasteiger partial charge in [-0.05, 0) is 77.7 Å². The van der Waals surface area contributed by atoms with Gasteiger partial charge in [-0.3, -0.25) is 4.79 Å². The van der Waals surface area contributed by atoms with Gasteiger partial charge in [0.2, 0.25) is 0 Å². The molecule has 0 spiro atoms. The Kier molecular flexibility index (Phi) is 6.49. The summed E-state index contributed by atoms with van der Waals surface area (Å²) in [7, 11) is 0. The molecule has 0 bridgehead atoms. The predicted octanol–water partition coefficient (Wildman–Crippen LogP) is 3.73. The summed E-state index contributed by atoms with van der Waals surface area (Å²) < 4.78 is 6.47. The molecule has 2 aromatic carbocycles. The molecule has 0 saturated carbocycles. The van der Waals surface area contributed by atoms with E-state index in [1.807, 2.05) is 30.3 Å². The van der Waals surface area contributed by atoms with Crippen LogP contribution in [0.5, 0.6) is 5.75 Å². The molecule has 6 heteroatoms. The summed E-state index contributed by atoms with van der Waals surface area (Å²) in [6.45, 7) is 4.25. The zero-order chi connectivity index (χ0) is 18.4. The Labute approximate surface area is 167 Å². The van der Waals surface area contributed by atoms with Crippen LogP contribution in [0.25, 0.3) is 0 Å².